The van der Waals surface area contributed by atoms with Crippen molar-refractivity contribution in [3.8, 4) is 17.2 Å². The van der Waals surface area contributed by atoms with Crippen LogP contribution in [0.3, 0.4) is 0 Å². The second-order valence-corrected chi connectivity index (χ2v) is 6.72. The van der Waals surface area contributed by atoms with Crippen LogP contribution in [0.15, 0.2) is 36.4 Å². The average molecular weight is 410 g/mol. The van der Waals surface area contributed by atoms with E-state index in [1.165, 1.54) is 33.5 Å². The number of hydrogen-bond acceptors (Lipinski definition) is 5. The van der Waals surface area contributed by atoms with Crippen LogP contribution in [0.2, 0.25) is 0 Å². The first-order chi connectivity index (χ1) is 13.9. The number of hydrogen-bond donors (Lipinski definition) is 1. The molecule has 1 fully saturated rings. The van der Waals surface area contributed by atoms with Gasteiger partial charge in [0, 0.05) is 37.8 Å². The third-order valence-corrected chi connectivity index (χ3v) is 5.11. The number of alkyl halides is 3. The van der Waals surface area contributed by atoms with E-state index in [2.05, 4.69) is 5.32 Å². The Hall–Kier alpha value is -2.45. The van der Waals surface area contributed by atoms with Gasteiger partial charge >= 0.3 is 6.18 Å². The van der Waals surface area contributed by atoms with E-state index in [0.717, 1.165) is 6.07 Å². The lowest BCUT2D eigenvalue weighted by molar-refractivity contribution is -0.138. The summed E-state index contributed by atoms with van der Waals surface area (Å²) in [7, 11) is 4.50. The average Bonchev–Trinajstić information content (AvgIpc) is 2.74. The molecule has 0 spiro atoms. The predicted octanol–water partition coefficient (Wildman–Crippen LogP) is 3.73. The van der Waals surface area contributed by atoms with Crippen molar-refractivity contribution in [2.24, 2.45) is 0 Å². The molecule has 1 unspecified atom stereocenters. The second-order valence-electron chi connectivity index (χ2n) is 6.72. The monoisotopic (exact) mass is 410 g/mol. The number of ether oxygens (including phenoxy) is 3. The molecular weight excluding hydrogens is 385 g/mol. The Morgan fingerprint density at radius 3 is 2.03 bits per heavy atom. The van der Waals surface area contributed by atoms with Crippen molar-refractivity contribution >= 4 is 0 Å². The first-order valence-electron chi connectivity index (χ1n) is 9.31. The van der Waals surface area contributed by atoms with E-state index in [1.54, 1.807) is 18.2 Å². The maximum atomic E-state index is 13.8. The van der Waals surface area contributed by atoms with Crippen LogP contribution in [-0.4, -0.2) is 52.4 Å². The summed E-state index contributed by atoms with van der Waals surface area (Å²) in [5.74, 6) is 1.34. The quantitative estimate of drug-likeness (QED) is 0.786. The zero-order valence-electron chi connectivity index (χ0n) is 16.7. The maximum Gasteiger partial charge on any atom is 0.416 e. The Kier molecular flexibility index (Phi) is 6.54. The van der Waals surface area contributed by atoms with Gasteiger partial charge in [0.1, 0.15) is 5.75 Å². The Morgan fingerprint density at radius 2 is 1.45 bits per heavy atom. The molecule has 8 heteroatoms. The molecule has 0 aliphatic carbocycles. The van der Waals surface area contributed by atoms with Crippen LogP contribution in [0.25, 0.3) is 0 Å². The van der Waals surface area contributed by atoms with Gasteiger partial charge in [0.15, 0.2) is 11.5 Å². The predicted molar refractivity (Wildman–Crippen MR) is 104 cm³/mol. The summed E-state index contributed by atoms with van der Waals surface area (Å²) in [6, 6.07) is 8.41. The topological polar surface area (TPSA) is 43.0 Å². The SMILES string of the molecule is COc1cc(OC)c(C(c2ccccc2C(F)(F)F)N2CCNCC2)cc1OC. The molecule has 0 bridgehead atoms. The molecule has 3 rings (SSSR count). The fraction of sp³-hybridized carbons (Fsp3) is 0.429. The smallest absolute Gasteiger partial charge is 0.416 e. The summed E-state index contributed by atoms with van der Waals surface area (Å²) in [5.41, 5.74) is 0.136. The summed E-state index contributed by atoms with van der Waals surface area (Å²) in [6.45, 7) is 2.60. The second kappa shape index (κ2) is 8.92. The van der Waals surface area contributed by atoms with E-state index in [0.29, 0.717) is 49.0 Å². The van der Waals surface area contributed by atoms with E-state index in [4.69, 9.17) is 14.2 Å². The van der Waals surface area contributed by atoms with Crippen molar-refractivity contribution in [1.29, 1.82) is 0 Å². The molecule has 29 heavy (non-hydrogen) atoms. The van der Waals surface area contributed by atoms with Gasteiger partial charge in [-0.05, 0) is 17.7 Å². The van der Waals surface area contributed by atoms with Crippen molar-refractivity contribution in [3.05, 3.63) is 53.1 Å². The van der Waals surface area contributed by atoms with Gasteiger partial charge in [-0.1, -0.05) is 18.2 Å². The van der Waals surface area contributed by atoms with Crippen LogP contribution in [0.4, 0.5) is 13.2 Å². The number of halogens is 3. The Balaban J connectivity index is 2.24. The van der Waals surface area contributed by atoms with Gasteiger partial charge in [-0.3, -0.25) is 4.90 Å². The van der Waals surface area contributed by atoms with Crippen LogP contribution in [0.5, 0.6) is 17.2 Å². The van der Waals surface area contributed by atoms with Crippen molar-refractivity contribution in [3.63, 3.8) is 0 Å². The van der Waals surface area contributed by atoms with Crippen molar-refractivity contribution in [2.75, 3.05) is 47.5 Å². The highest BCUT2D eigenvalue weighted by Gasteiger charge is 2.38. The highest BCUT2D eigenvalue weighted by atomic mass is 19.4. The highest BCUT2D eigenvalue weighted by Crippen LogP contribution is 2.45. The van der Waals surface area contributed by atoms with E-state index in [-0.39, 0.29) is 5.56 Å². The molecule has 0 aromatic heterocycles. The Morgan fingerprint density at radius 1 is 0.862 bits per heavy atom. The largest absolute Gasteiger partial charge is 0.496 e. The zero-order valence-corrected chi connectivity index (χ0v) is 16.7. The fourth-order valence-corrected chi connectivity index (χ4v) is 3.76. The molecule has 1 atom stereocenters. The van der Waals surface area contributed by atoms with E-state index < -0.39 is 17.8 Å². The molecule has 1 heterocycles. The fourth-order valence-electron chi connectivity index (χ4n) is 3.76. The Labute approximate surface area is 168 Å². The normalized spacial score (nSPS) is 16.3. The van der Waals surface area contributed by atoms with E-state index in [1.807, 2.05) is 4.90 Å². The number of rotatable bonds is 6. The lowest BCUT2D eigenvalue weighted by Crippen LogP contribution is -2.45. The van der Waals surface area contributed by atoms with Gasteiger partial charge in [-0.15, -0.1) is 0 Å². The van der Waals surface area contributed by atoms with Crippen LogP contribution < -0.4 is 19.5 Å². The first kappa shape index (κ1) is 21.3. The molecule has 1 aliphatic heterocycles. The number of nitrogens with one attached hydrogen (secondary N) is 1. The molecule has 2 aromatic carbocycles. The summed E-state index contributed by atoms with van der Waals surface area (Å²) in [6.07, 6.45) is -4.47. The number of nitrogens with zero attached hydrogens (tertiary/aromatic N) is 1. The number of piperazine rings is 1. The molecule has 1 aliphatic rings. The molecule has 5 nitrogen and oxygen atoms in total. The molecular formula is C21H25F3N2O3. The van der Waals surface area contributed by atoms with Crippen molar-refractivity contribution in [1.82, 2.24) is 10.2 Å². The van der Waals surface area contributed by atoms with Gasteiger partial charge < -0.3 is 19.5 Å². The van der Waals surface area contributed by atoms with Gasteiger partial charge in [-0.2, -0.15) is 13.2 Å². The van der Waals surface area contributed by atoms with Gasteiger partial charge in [0.2, 0.25) is 0 Å². The minimum atomic E-state index is -4.47. The van der Waals surface area contributed by atoms with Gasteiger partial charge in [0.25, 0.3) is 0 Å². The molecule has 0 radical (unpaired) electrons. The summed E-state index contributed by atoms with van der Waals surface area (Å²) >= 11 is 0. The van der Waals surface area contributed by atoms with E-state index in [9.17, 15) is 13.2 Å². The third kappa shape index (κ3) is 4.43. The number of benzene rings is 2. The lowest BCUT2D eigenvalue weighted by atomic mass is 9.91. The minimum absolute atomic E-state index is 0.187. The number of methoxy groups -OCH3 is 3. The van der Waals surface area contributed by atoms with Gasteiger partial charge in [-0.25, -0.2) is 0 Å². The summed E-state index contributed by atoms with van der Waals surface area (Å²) in [4.78, 5) is 2.03. The molecule has 158 valence electrons. The summed E-state index contributed by atoms with van der Waals surface area (Å²) in [5, 5.41) is 3.25. The Bertz CT molecular complexity index is 836. The molecule has 1 saturated heterocycles. The lowest BCUT2D eigenvalue weighted by Gasteiger charge is -2.37. The summed E-state index contributed by atoms with van der Waals surface area (Å²) < 4.78 is 57.8. The van der Waals surface area contributed by atoms with E-state index >= 15 is 0 Å². The highest BCUT2D eigenvalue weighted by molar-refractivity contribution is 5.54. The molecule has 2 aromatic rings. The van der Waals surface area contributed by atoms with Gasteiger partial charge in [0.05, 0.1) is 32.9 Å². The third-order valence-electron chi connectivity index (χ3n) is 5.11. The zero-order chi connectivity index (χ0) is 21.0. The maximum absolute atomic E-state index is 13.8. The molecule has 1 N–H and O–H groups in total. The molecule has 0 amide bonds. The van der Waals surface area contributed by atoms with Crippen LogP contribution in [-0.2, 0) is 6.18 Å². The molecule has 0 saturated carbocycles. The van der Waals surface area contributed by atoms with Crippen molar-refractivity contribution in [2.45, 2.75) is 12.2 Å². The van der Waals surface area contributed by atoms with Crippen molar-refractivity contribution < 1.29 is 27.4 Å². The van der Waals surface area contributed by atoms with Crippen LogP contribution >= 0.6 is 0 Å². The van der Waals surface area contributed by atoms with Crippen LogP contribution in [0.1, 0.15) is 22.7 Å². The first-order valence-corrected chi connectivity index (χ1v) is 9.31. The van der Waals surface area contributed by atoms with Crippen LogP contribution in [0, 0.1) is 0 Å². The standard InChI is InChI=1S/C21H25F3N2O3/c1-27-17-13-19(29-3)18(28-2)12-15(17)20(26-10-8-25-9-11-26)14-6-4-5-7-16(14)21(22,23)24/h4-7,12-13,20,25H,8-11H2,1-3H3. The minimum Gasteiger partial charge on any atom is -0.496 e.